The van der Waals surface area contributed by atoms with Crippen molar-refractivity contribution in [3.63, 3.8) is 0 Å². The van der Waals surface area contributed by atoms with Crippen LogP contribution in [0, 0.1) is 6.92 Å². The lowest BCUT2D eigenvalue weighted by atomic mass is 10.2. The number of rotatable bonds is 4. The van der Waals surface area contributed by atoms with E-state index in [1.165, 1.54) is 11.3 Å². The molecule has 0 aliphatic carbocycles. The van der Waals surface area contributed by atoms with Crippen molar-refractivity contribution in [2.24, 2.45) is 0 Å². The number of carbonyl (C=O) groups excluding carboxylic acids is 1. The van der Waals surface area contributed by atoms with E-state index in [1.807, 2.05) is 44.2 Å². The second kappa shape index (κ2) is 5.97. The molecule has 1 atom stereocenters. The SMILES string of the molecule is CC[C@H](C)NC(=O)c1sc(-c2ccccc2)nc1C. The molecule has 0 aliphatic heterocycles. The molecule has 2 aromatic rings. The third-order valence-corrected chi connectivity index (χ3v) is 4.22. The van der Waals surface area contributed by atoms with E-state index in [2.05, 4.69) is 17.2 Å². The zero-order chi connectivity index (χ0) is 13.8. The summed E-state index contributed by atoms with van der Waals surface area (Å²) in [6.45, 7) is 5.95. The number of hydrogen-bond donors (Lipinski definition) is 1. The van der Waals surface area contributed by atoms with Crippen LogP contribution in [0.5, 0.6) is 0 Å². The first kappa shape index (κ1) is 13.7. The lowest BCUT2D eigenvalue weighted by Gasteiger charge is -2.09. The van der Waals surface area contributed by atoms with Gasteiger partial charge < -0.3 is 5.32 Å². The fraction of sp³-hybridized carbons (Fsp3) is 0.333. The highest BCUT2D eigenvalue weighted by Gasteiger charge is 2.17. The molecule has 1 N–H and O–H groups in total. The predicted octanol–water partition coefficient (Wildman–Crippen LogP) is 3.65. The first-order valence-electron chi connectivity index (χ1n) is 6.45. The van der Waals surface area contributed by atoms with Crippen molar-refractivity contribution < 1.29 is 4.79 Å². The molecule has 0 fully saturated rings. The molecule has 19 heavy (non-hydrogen) atoms. The molecule has 0 bridgehead atoms. The highest BCUT2D eigenvalue weighted by Crippen LogP contribution is 2.27. The summed E-state index contributed by atoms with van der Waals surface area (Å²) in [6, 6.07) is 10.1. The summed E-state index contributed by atoms with van der Waals surface area (Å²) < 4.78 is 0. The highest BCUT2D eigenvalue weighted by atomic mass is 32.1. The van der Waals surface area contributed by atoms with Crippen molar-refractivity contribution in [2.45, 2.75) is 33.2 Å². The van der Waals surface area contributed by atoms with Gasteiger partial charge in [0.2, 0.25) is 0 Å². The second-order valence-corrected chi connectivity index (χ2v) is 5.58. The number of aromatic nitrogens is 1. The number of thiazole rings is 1. The van der Waals surface area contributed by atoms with Gasteiger partial charge in [0.1, 0.15) is 9.88 Å². The zero-order valence-electron chi connectivity index (χ0n) is 11.4. The zero-order valence-corrected chi connectivity index (χ0v) is 12.3. The Kier molecular flexibility index (Phi) is 4.32. The summed E-state index contributed by atoms with van der Waals surface area (Å²) >= 11 is 1.45. The van der Waals surface area contributed by atoms with E-state index in [-0.39, 0.29) is 11.9 Å². The summed E-state index contributed by atoms with van der Waals surface area (Å²) in [7, 11) is 0. The summed E-state index contributed by atoms with van der Waals surface area (Å²) in [5.41, 5.74) is 1.85. The minimum Gasteiger partial charge on any atom is -0.349 e. The van der Waals surface area contributed by atoms with Crippen LogP contribution in [0.2, 0.25) is 0 Å². The molecule has 0 saturated heterocycles. The van der Waals surface area contributed by atoms with Gasteiger partial charge in [0, 0.05) is 11.6 Å². The molecule has 0 saturated carbocycles. The van der Waals surface area contributed by atoms with Crippen molar-refractivity contribution in [3.8, 4) is 10.6 Å². The Morgan fingerprint density at radius 1 is 1.37 bits per heavy atom. The molecule has 0 unspecified atom stereocenters. The number of amides is 1. The fourth-order valence-electron chi connectivity index (χ4n) is 1.70. The molecule has 4 heteroatoms. The van der Waals surface area contributed by atoms with Gasteiger partial charge in [-0.3, -0.25) is 4.79 Å². The number of aryl methyl sites for hydroxylation is 1. The van der Waals surface area contributed by atoms with Crippen LogP contribution in [-0.2, 0) is 0 Å². The Morgan fingerprint density at radius 2 is 2.05 bits per heavy atom. The average molecular weight is 274 g/mol. The van der Waals surface area contributed by atoms with Gasteiger partial charge in [0.15, 0.2) is 0 Å². The Hall–Kier alpha value is -1.68. The minimum atomic E-state index is -0.0217. The fourth-order valence-corrected chi connectivity index (χ4v) is 2.68. The van der Waals surface area contributed by atoms with Gasteiger partial charge >= 0.3 is 0 Å². The monoisotopic (exact) mass is 274 g/mol. The molecule has 1 aromatic carbocycles. The van der Waals surface area contributed by atoms with Crippen molar-refractivity contribution in [2.75, 3.05) is 0 Å². The van der Waals surface area contributed by atoms with E-state index in [4.69, 9.17) is 0 Å². The smallest absolute Gasteiger partial charge is 0.263 e. The molecule has 0 radical (unpaired) electrons. The highest BCUT2D eigenvalue weighted by molar-refractivity contribution is 7.17. The molecule has 3 nitrogen and oxygen atoms in total. The first-order chi connectivity index (χ1) is 9.11. The predicted molar refractivity (Wildman–Crippen MR) is 79.5 cm³/mol. The van der Waals surface area contributed by atoms with Gasteiger partial charge in [-0.2, -0.15) is 0 Å². The molecule has 100 valence electrons. The maximum Gasteiger partial charge on any atom is 0.263 e. The van der Waals surface area contributed by atoms with Crippen molar-refractivity contribution >= 4 is 17.2 Å². The van der Waals surface area contributed by atoms with Crippen LogP contribution >= 0.6 is 11.3 Å². The van der Waals surface area contributed by atoms with Gasteiger partial charge in [-0.05, 0) is 20.3 Å². The Bertz CT molecular complexity index is 563. The molecule has 1 amide bonds. The normalized spacial score (nSPS) is 12.2. The maximum atomic E-state index is 12.1. The van der Waals surface area contributed by atoms with Crippen LogP contribution in [0.4, 0.5) is 0 Å². The second-order valence-electron chi connectivity index (χ2n) is 4.58. The summed E-state index contributed by atoms with van der Waals surface area (Å²) in [4.78, 5) is 17.3. The van der Waals surface area contributed by atoms with Gasteiger partial charge in [-0.25, -0.2) is 4.98 Å². The summed E-state index contributed by atoms with van der Waals surface area (Å²) in [5, 5.41) is 3.88. The quantitative estimate of drug-likeness (QED) is 0.924. The molecule has 1 heterocycles. The van der Waals surface area contributed by atoms with Gasteiger partial charge in [-0.1, -0.05) is 37.3 Å². The summed E-state index contributed by atoms with van der Waals surface area (Å²) in [6.07, 6.45) is 0.926. The van der Waals surface area contributed by atoms with Crippen LogP contribution < -0.4 is 5.32 Å². The van der Waals surface area contributed by atoms with E-state index < -0.39 is 0 Å². The standard InChI is InChI=1S/C15H18N2OS/c1-4-10(2)16-14(18)13-11(3)17-15(19-13)12-8-6-5-7-9-12/h5-10H,4H2,1-3H3,(H,16,18)/t10-/m0/s1. The van der Waals surface area contributed by atoms with E-state index in [1.54, 1.807) is 0 Å². The first-order valence-corrected chi connectivity index (χ1v) is 7.27. The van der Waals surface area contributed by atoms with Gasteiger partial charge in [0.25, 0.3) is 5.91 Å². The topological polar surface area (TPSA) is 42.0 Å². The maximum absolute atomic E-state index is 12.1. The number of nitrogens with one attached hydrogen (secondary N) is 1. The van der Waals surface area contributed by atoms with Crippen molar-refractivity contribution in [3.05, 3.63) is 40.9 Å². The Morgan fingerprint density at radius 3 is 2.68 bits per heavy atom. The summed E-state index contributed by atoms with van der Waals surface area (Å²) in [5.74, 6) is -0.0217. The van der Waals surface area contributed by atoms with E-state index in [0.717, 1.165) is 22.7 Å². The Labute approximate surface area is 117 Å². The van der Waals surface area contributed by atoms with Gasteiger partial charge in [0.05, 0.1) is 5.69 Å². The number of nitrogens with zero attached hydrogens (tertiary/aromatic N) is 1. The van der Waals surface area contributed by atoms with Crippen LogP contribution in [0.3, 0.4) is 0 Å². The van der Waals surface area contributed by atoms with E-state index in [0.29, 0.717) is 4.88 Å². The van der Waals surface area contributed by atoms with Gasteiger partial charge in [-0.15, -0.1) is 11.3 Å². The molecule has 0 spiro atoms. The number of carbonyl (C=O) groups is 1. The van der Waals surface area contributed by atoms with Crippen LogP contribution in [-0.4, -0.2) is 16.9 Å². The molecule has 0 aliphatic rings. The van der Waals surface area contributed by atoms with Crippen molar-refractivity contribution in [1.82, 2.24) is 10.3 Å². The lowest BCUT2D eigenvalue weighted by Crippen LogP contribution is -2.31. The number of benzene rings is 1. The van der Waals surface area contributed by atoms with Crippen molar-refractivity contribution in [1.29, 1.82) is 0 Å². The average Bonchev–Trinajstić information content (AvgIpc) is 2.81. The minimum absolute atomic E-state index is 0.0217. The largest absolute Gasteiger partial charge is 0.349 e. The van der Waals surface area contributed by atoms with Crippen LogP contribution in [0.15, 0.2) is 30.3 Å². The third kappa shape index (κ3) is 3.20. The van der Waals surface area contributed by atoms with Crippen LogP contribution in [0.1, 0.15) is 35.6 Å². The molecular formula is C15H18N2OS. The Balaban J connectivity index is 2.24. The third-order valence-electron chi connectivity index (χ3n) is 3.01. The molecule has 2 rings (SSSR count). The molecular weight excluding hydrogens is 256 g/mol. The lowest BCUT2D eigenvalue weighted by molar-refractivity contribution is 0.0942. The van der Waals surface area contributed by atoms with Crippen LogP contribution in [0.25, 0.3) is 10.6 Å². The van der Waals surface area contributed by atoms with E-state index >= 15 is 0 Å². The number of hydrogen-bond acceptors (Lipinski definition) is 3. The van der Waals surface area contributed by atoms with E-state index in [9.17, 15) is 4.79 Å². The molecule has 1 aromatic heterocycles.